The van der Waals surface area contributed by atoms with E-state index in [0.717, 1.165) is 5.56 Å². The van der Waals surface area contributed by atoms with Crippen LogP contribution in [0.4, 0.5) is 4.39 Å². The van der Waals surface area contributed by atoms with Crippen LogP contribution in [-0.2, 0) is 6.61 Å². The fraction of sp³-hybridized carbons (Fsp3) is 0.125. The Labute approximate surface area is 200 Å². The van der Waals surface area contributed by atoms with E-state index in [1.807, 2.05) is 37.3 Å². The van der Waals surface area contributed by atoms with Crippen LogP contribution >= 0.6 is 23.8 Å². The van der Waals surface area contributed by atoms with Crippen LogP contribution in [0, 0.1) is 10.6 Å². The Morgan fingerprint density at radius 3 is 2.64 bits per heavy atom. The van der Waals surface area contributed by atoms with Gasteiger partial charge >= 0.3 is 0 Å². The number of hydrogen-bond donors (Lipinski definition) is 1. The van der Waals surface area contributed by atoms with Gasteiger partial charge in [0.05, 0.1) is 17.8 Å². The molecule has 0 atom stereocenters. The van der Waals surface area contributed by atoms with Gasteiger partial charge in [-0.1, -0.05) is 60.1 Å². The molecule has 4 aromatic rings. The predicted octanol–water partition coefficient (Wildman–Crippen LogP) is 6.26. The number of halogens is 2. The SMILES string of the molecule is CCOc1cc(/C=N\n2c(-c3ccccc3)n[nH]c2=S)cc(Cl)c1OCc1ccccc1F. The van der Waals surface area contributed by atoms with Crippen molar-refractivity contribution in [3.8, 4) is 22.9 Å². The number of rotatable bonds is 8. The molecule has 0 bridgehead atoms. The van der Waals surface area contributed by atoms with Crippen LogP contribution in [0.3, 0.4) is 0 Å². The number of aromatic nitrogens is 3. The van der Waals surface area contributed by atoms with E-state index in [9.17, 15) is 4.39 Å². The lowest BCUT2D eigenvalue weighted by Crippen LogP contribution is -2.03. The lowest BCUT2D eigenvalue weighted by Gasteiger charge is -2.14. The lowest BCUT2D eigenvalue weighted by atomic mass is 10.2. The average molecular weight is 483 g/mol. The van der Waals surface area contributed by atoms with Crippen LogP contribution in [0.2, 0.25) is 5.02 Å². The highest BCUT2D eigenvalue weighted by Gasteiger charge is 2.14. The summed E-state index contributed by atoms with van der Waals surface area (Å²) in [6, 6.07) is 19.4. The molecule has 1 N–H and O–H groups in total. The van der Waals surface area contributed by atoms with Gasteiger partial charge in [-0.2, -0.15) is 14.9 Å². The number of aromatic amines is 1. The summed E-state index contributed by atoms with van der Waals surface area (Å²) >= 11 is 11.8. The minimum absolute atomic E-state index is 0.0184. The van der Waals surface area contributed by atoms with Gasteiger partial charge in [0.25, 0.3) is 0 Å². The molecule has 168 valence electrons. The molecule has 1 heterocycles. The molecule has 0 aliphatic rings. The van der Waals surface area contributed by atoms with Crippen molar-refractivity contribution in [1.82, 2.24) is 14.9 Å². The van der Waals surface area contributed by atoms with Crippen LogP contribution < -0.4 is 9.47 Å². The summed E-state index contributed by atoms with van der Waals surface area (Å²) in [4.78, 5) is 0. The van der Waals surface area contributed by atoms with Gasteiger partial charge in [0.2, 0.25) is 4.77 Å². The van der Waals surface area contributed by atoms with Crippen LogP contribution in [0.5, 0.6) is 11.5 Å². The highest BCUT2D eigenvalue weighted by Crippen LogP contribution is 2.37. The van der Waals surface area contributed by atoms with E-state index < -0.39 is 0 Å². The fourth-order valence-corrected chi connectivity index (χ4v) is 3.58. The number of benzene rings is 3. The molecule has 33 heavy (non-hydrogen) atoms. The summed E-state index contributed by atoms with van der Waals surface area (Å²) in [6.07, 6.45) is 1.60. The molecule has 0 saturated heterocycles. The Hall–Kier alpha value is -3.49. The van der Waals surface area contributed by atoms with Gasteiger partial charge in [0.15, 0.2) is 17.3 Å². The first-order valence-electron chi connectivity index (χ1n) is 10.2. The third kappa shape index (κ3) is 5.30. The quantitative estimate of drug-likeness (QED) is 0.238. The Bertz CT molecular complexity index is 1340. The smallest absolute Gasteiger partial charge is 0.216 e. The molecule has 3 aromatic carbocycles. The molecule has 0 saturated carbocycles. The summed E-state index contributed by atoms with van der Waals surface area (Å²) < 4.78 is 27.4. The largest absolute Gasteiger partial charge is 0.490 e. The molecule has 0 spiro atoms. The Morgan fingerprint density at radius 1 is 1.12 bits per heavy atom. The molecule has 0 amide bonds. The van der Waals surface area contributed by atoms with Crippen molar-refractivity contribution in [2.75, 3.05) is 6.61 Å². The number of nitrogens with one attached hydrogen (secondary N) is 1. The Morgan fingerprint density at radius 2 is 1.88 bits per heavy atom. The van der Waals surface area contributed by atoms with E-state index >= 15 is 0 Å². The number of H-pyrrole nitrogens is 1. The molecule has 0 unspecified atom stereocenters. The Balaban J connectivity index is 1.62. The van der Waals surface area contributed by atoms with Crippen molar-refractivity contribution < 1.29 is 13.9 Å². The van der Waals surface area contributed by atoms with Crippen molar-refractivity contribution in [3.63, 3.8) is 0 Å². The zero-order valence-corrected chi connectivity index (χ0v) is 19.2. The van der Waals surface area contributed by atoms with Gasteiger partial charge in [0, 0.05) is 11.1 Å². The first-order valence-corrected chi connectivity index (χ1v) is 10.9. The van der Waals surface area contributed by atoms with Crippen LogP contribution in [0.25, 0.3) is 11.4 Å². The first kappa shape index (κ1) is 22.7. The average Bonchev–Trinajstić information content (AvgIpc) is 3.19. The normalized spacial score (nSPS) is 11.1. The highest BCUT2D eigenvalue weighted by molar-refractivity contribution is 7.71. The van der Waals surface area contributed by atoms with Gasteiger partial charge in [-0.05, 0) is 42.9 Å². The minimum Gasteiger partial charge on any atom is -0.490 e. The van der Waals surface area contributed by atoms with Gasteiger partial charge in [-0.25, -0.2) is 9.49 Å². The molecule has 6 nitrogen and oxygen atoms in total. The molecule has 0 aliphatic heterocycles. The van der Waals surface area contributed by atoms with Crippen LogP contribution in [0.15, 0.2) is 71.8 Å². The molecule has 1 aromatic heterocycles. The minimum atomic E-state index is -0.346. The molecule has 4 rings (SSSR count). The van der Waals surface area contributed by atoms with Crippen LogP contribution in [-0.4, -0.2) is 27.7 Å². The van der Waals surface area contributed by atoms with Crippen molar-refractivity contribution in [1.29, 1.82) is 0 Å². The Kier molecular flexibility index (Phi) is 7.16. The fourth-order valence-electron chi connectivity index (χ4n) is 3.13. The molecular weight excluding hydrogens is 463 g/mol. The third-order valence-electron chi connectivity index (χ3n) is 4.67. The zero-order valence-electron chi connectivity index (χ0n) is 17.7. The summed E-state index contributed by atoms with van der Waals surface area (Å²) in [5.41, 5.74) is 1.96. The van der Waals surface area contributed by atoms with Crippen molar-refractivity contribution in [3.05, 3.63) is 93.5 Å². The summed E-state index contributed by atoms with van der Waals surface area (Å²) in [7, 11) is 0. The van der Waals surface area contributed by atoms with Gasteiger partial charge in [0.1, 0.15) is 12.4 Å². The lowest BCUT2D eigenvalue weighted by molar-refractivity contribution is 0.266. The third-order valence-corrected chi connectivity index (χ3v) is 5.21. The van der Waals surface area contributed by atoms with Crippen molar-refractivity contribution in [2.45, 2.75) is 13.5 Å². The van der Waals surface area contributed by atoms with Crippen molar-refractivity contribution in [2.24, 2.45) is 5.10 Å². The monoisotopic (exact) mass is 482 g/mol. The first-order chi connectivity index (χ1) is 16.1. The second kappa shape index (κ2) is 10.4. The summed E-state index contributed by atoms with van der Waals surface area (Å²) in [6.45, 7) is 2.27. The molecule has 9 heteroatoms. The van der Waals surface area contributed by atoms with E-state index in [1.54, 1.807) is 36.5 Å². The van der Waals surface area contributed by atoms with Gasteiger partial charge < -0.3 is 9.47 Å². The van der Waals surface area contributed by atoms with E-state index in [2.05, 4.69) is 15.3 Å². The number of nitrogens with zero attached hydrogens (tertiary/aromatic N) is 3. The zero-order chi connectivity index (χ0) is 23.2. The highest BCUT2D eigenvalue weighted by atomic mass is 35.5. The number of ether oxygens (including phenoxy) is 2. The van der Waals surface area contributed by atoms with E-state index in [4.69, 9.17) is 33.3 Å². The maximum atomic E-state index is 13.9. The van der Waals surface area contributed by atoms with Gasteiger partial charge in [-0.15, -0.1) is 0 Å². The van der Waals surface area contributed by atoms with Crippen LogP contribution in [0.1, 0.15) is 18.1 Å². The second-order valence-corrected chi connectivity index (χ2v) is 7.71. The summed E-state index contributed by atoms with van der Waals surface area (Å²) in [5, 5.41) is 11.8. The summed E-state index contributed by atoms with van der Waals surface area (Å²) in [5.74, 6) is 1.00. The maximum absolute atomic E-state index is 13.9. The van der Waals surface area contributed by atoms with Crippen molar-refractivity contribution >= 4 is 30.0 Å². The molecule has 0 radical (unpaired) electrons. The molecule has 0 fully saturated rings. The predicted molar refractivity (Wildman–Crippen MR) is 129 cm³/mol. The van der Waals surface area contributed by atoms with E-state index in [-0.39, 0.29) is 12.4 Å². The standard InChI is InChI=1S/C24H20ClFN4O2S/c1-2-31-21-13-16(12-19(25)22(21)32-15-18-10-6-7-11-20(18)26)14-27-30-23(28-29-24(30)33)17-8-4-3-5-9-17/h3-14H,2,15H2,1H3,(H,29,33)/b27-14-. The topological polar surface area (TPSA) is 64.4 Å². The van der Waals surface area contributed by atoms with Gasteiger partial charge in [-0.3, -0.25) is 0 Å². The maximum Gasteiger partial charge on any atom is 0.216 e. The van der Waals surface area contributed by atoms with E-state index in [0.29, 0.717) is 44.9 Å². The second-order valence-electron chi connectivity index (χ2n) is 6.92. The van der Waals surface area contributed by atoms with E-state index in [1.165, 1.54) is 10.7 Å². The molecule has 0 aliphatic carbocycles. The molecular formula is C24H20ClFN4O2S. The number of hydrogen-bond acceptors (Lipinski definition) is 5.